The summed E-state index contributed by atoms with van der Waals surface area (Å²) in [4.78, 5) is 20.9. The van der Waals surface area contributed by atoms with E-state index in [0.29, 0.717) is 11.5 Å². The minimum absolute atomic E-state index is 0.246. The van der Waals surface area contributed by atoms with Gasteiger partial charge in [-0.15, -0.1) is 0 Å². The van der Waals surface area contributed by atoms with E-state index in [9.17, 15) is 9.18 Å². The fourth-order valence-corrected chi connectivity index (χ4v) is 5.05. The third-order valence-corrected chi connectivity index (χ3v) is 6.85. The second-order valence-corrected chi connectivity index (χ2v) is 8.72. The molecule has 0 atom stereocenters. The van der Waals surface area contributed by atoms with Gasteiger partial charge in [-0.25, -0.2) is 9.18 Å². The summed E-state index contributed by atoms with van der Waals surface area (Å²) in [6, 6.07) is 14.0. The van der Waals surface area contributed by atoms with Crippen LogP contribution in [0.25, 0.3) is 22.5 Å². The molecule has 2 aliphatic rings. The molecule has 1 aliphatic carbocycles. The Balaban J connectivity index is 1.21. The first-order valence-corrected chi connectivity index (χ1v) is 11.1. The van der Waals surface area contributed by atoms with Crippen LogP contribution >= 0.6 is 0 Å². The number of benzene rings is 1. The van der Waals surface area contributed by atoms with Crippen LogP contribution in [0.4, 0.5) is 4.39 Å². The van der Waals surface area contributed by atoms with Crippen LogP contribution in [-0.2, 0) is 10.3 Å². The molecule has 1 spiro atoms. The molecule has 0 amide bonds. The maximum atomic E-state index is 13.3. The highest BCUT2D eigenvalue weighted by molar-refractivity contribution is 5.94. The summed E-state index contributed by atoms with van der Waals surface area (Å²) in [5, 5.41) is 7.75. The topological polar surface area (TPSA) is 80.8 Å². The first kappa shape index (κ1) is 19.8. The van der Waals surface area contributed by atoms with Gasteiger partial charge in [-0.2, -0.15) is 5.10 Å². The number of hydrogen-bond donors (Lipinski definition) is 1. The van der Waals surface area contributed by atoms with Gasteiger partial charge in [0.05, 0.1) is 17.0 Å². The Morgan fingerprint density at radius 3 is 2.61 bits per heavy atom. The van der Waals surface area contributed by atoms with Crippen molar-refractivity contribution in [3.8, 4) is 22.5 Å². The molecule has 3 aromatic heterocycles. The molecule has 6 nitrogen and oxygen atoms in total. The van der Waals surface area contributed by atoms with Gasteiger partial charge in [-0.1, -0.05) is 0 Å². The number of pyridine rings is 2. The van der Waals surface area contributed by atoms with Crippen LogP contribution in [0.2, 0.25) is 0 Å². The van der Waals surface area contributed by atoms with Crippen LogP contribution in [0.15, 0.2) is 67.1 Å². The number of H-pyrrole nitrogens is 1. The van der Waals surface area contributed by atoms with E-state index in [2.05, 4.69) is 26.2 Å². The zero-order chi connectivity index (χ0) is 22.4. The molecule has 7 heteroatoms. The fraction of sp³-hybridized carbons (Fsp3) is 0.231. The number of nitrogens with zero attached hydrogens (tertiary/aromatic N) is 3. The first-order chi connectivity index (χ1) is 16.1. The number of fused-ring (bicyclic) bond motifs is 2. The Morgan fingerprint density at radius 2 is 1.79 bits per heavy atom. The number of halogens is 1. The largest absolute Gasteiger partial charge is 0.450 e. The molecule has 4 heterocycles. The lowest BCUT2D eigenvalue weighted by Crippen LogP contribution is -2.31. The Bertz CT molecular complexity index is 1340. The molecule has 0 radical (unpaired) electrons. The Kier molecular flexibility index (Phi) is 4.57. The highest BCUT2D eigenvalue weighted by Gasteiger charge is 2.48. The quantitative estimate of drug-likeness (QED) is 0.432. The third kappa shape index (κ3) is 3.40. The Hall–Kier alpha value is -3.87. The van der Waals surface area contributed by atoms with Crippen molar-refractivity contribution in [2.75, 3.05) is 0 Å². The predicted octanol–water partition coefficient (Wildman–Crippen LogP) is 5.40. The first-order valence-electron chi connectivity index (χ1n) is 11.1. The Morgan fingerprint density at radius 1 is 0.970 bits per heavy atom. The molecule has 1 N–H and O–H groups in total. The van der Waals surface area contributed by atoms with Gasteiger partial charge in [0.2, 0.25) is 0 Å². The lowest BCUT2D eigenvalue weighted by Gasteiger charge is -2.35. The number of hydrogen-bond acceptors (Lipinski definition) is 5. The van der Waals surface area contributed by atoms with E-state index in [4.69, 9.17) is 4.74 Å². The number of aromatic amines is 1. The SMILES string of the molecule is O=C1OC2(CCC(c3cc(-c4ccnc(-c5ccc(F)cc5)c4)n[nH]3)CC2)c2cnccc21. The second-order valence-electron chi connectivity index (χ2n) is 8.72. The molecular weight excluding hydrogens is 419 g/mol. The number of aromatic nitrogens is 4. The molecule has 1 aromatic carbocycles. The van der Waals surface area contributed by atoms with Gasteiger partial charge in [0.1, 0.15) is 11.4 Å². The number of esters is 1. The number of rotatable bonds is 3. The van der Waals surface area contributed by atoms with Gasteiger partial charge in [0.15, 0.2) is 0 Å². The van der Waals surface area contributed by atoms with E-state index in [0.717, 1.165) is 59.5 Å². The van der Waals surface area contributed by atoms with Crippen molar-refractivity contribution in [3.05, 3.63) is 89.8 Å². The molecule has 33 heavy (non-hydrogen) atoms. The highest BCUT2D eigenvalue weighted by Crippen LogP contribution is 2.49. The molecule has 0 unspecified atom stereocenters. The number of carbonyl (C=O) groups is 1. The summed E-state index contributed by atoms with van der Waals surface area (Å²) in [7, 11) is 0. The van der Waals surface area contributed by atoms with Crippen LogP contribution in [0, 0.1) is 5.82 Å². The number of ether oxygens (including phenoxy) is 1. The Labute approximate surface area is 189 Å². The van der Waals surface area contributed by atoms with Gasteiger partial charge in [0, 0.05) is 46.9 Å². The highest BCUT2D eigenvalue weighted by atomic mass is 19.1. The van der Waals surface area contributed by atoms with Crippen molar-refractivity contribution in [1.82, 2.24) is 20.2 Å². The van der Waals surface area contributed by atoms with Crippen molar-refractivity contribution >= 4 is 5.97 Å². The molecular formula is C26H21FN4O2. The minimum Gasteiger partial charge on any atom is -0.450 e. The molecule has 0 bridgehead atoms. The fourth-order valence-electron chi connectivity index (χ4n) is 5.05. The van der Waals surface area contributed by atoms with Gasteiger partial charge in [-0.05, 0) is 74.2 Å². The molecule has 6 rings (SSSR count). The zero-order valence-corrected chi connectivity index (χ0v) is 17.8. The van der Waals surface area contributed by atoms with E-state index in [1.54, 1.807) is 36.8 Å². The van der Waals surface area contributed by atoms with Crippen molar-refractivity contribution in [2.45, 2.75) is 37.2 Å². The van der Waals surface area contributed by atoms with E-state index in [1.165, 1.54) is 12.1 Å². The summed E-state index contributed by atoms with van der Waals surface area (Å²) >= 11 is 0. The standard InChI is InChI=1S/C26H21FN4O2/c27-19-3-1-16(2-4-19)22-13-18(7-12-29-22)24-14-23(30-31-24)17-5-9-26(10-6-17)21-15-28-11-8-20(21)25(32)33-26/h1-4,7-8,11-15,17H,5-6,9-10H2,(H,30,31). The van der Waals surface area contributed by atoms with Gasteiger partial charge < -0.3 is 4.74 Å². The van der Waals surface area contributed by atoms with E-state index in [-0.39, 0.29) is 11.8 Å². The number of carbonyl (C=O) groups excluding carboxylic acids is 1. The van der Waals surface area contributed by atoms with Crippen LogP contribution in [0.3, 0.4) is 0 Å². The normalized spacial score (nSPS) is 21.7. The van der Waals surface area contributed by atoms with Crippen LogP contribution in [0.1, 0.15) is 53.2 Å². The summed E-state index contributed by atoms with van der Waals surface area (Å²) in [5.41, 5.74) is 5.51. The van der Waals surface area contributed by atoms with Crippen LogP contribution in [0.5, 0.6) is 0 Å². The van der Waals surface area contributed by atoms with Crippen molar-refractivity contribution in [3.63, 3.8) is 0 Å². The summed E-state index contributed by atoms with van der Waals surface area (Å²) in [5.74, 6) is -0.202. The smallest absolute Gasteiger partial charge is 0.339 e. The van der Waals surface area contributed by atoms with Crippen LogP contribution in [-0.4, -0.2) is 26.1 Å². The van der Waals surface area contributed by atoms with Gasteiger partial charge in [-0.3, -0.25) is 15.1 Å². The van der Waals surface area contributed by atoms with Gasteiger partial charge >= 0.3 is 5.97 Å². The minimum atomic E-state index is -0.546. The maximum Gasteiger partial charge on any atom is 0.339 e. The third-order valence-electron chi connectivity index (χ3n) is 6.85. The average Bonchev–Trinajstić information content (AvgIpc) is 3.45. The number of nitrogens with one attached hydrogen (secondary N) is 1. The molecule has 4 aromatic rings. The molecule has 164 valence electrons. The summed E-state index contributed by atoms with van der Waals surface area (Å²) in [6.07, 6.45) is 8.46. The van der Waals surface area contributed by atoms with Crippen molar-refractivity contribution in [1.29, 1.82) is 0 Å². The van der Waals surface area contributed by atoms with Gasteiger partial charge in [0.25, 0.3) is 0 Å². The zero-order valence-electron chi connectivity index (χ0n) is 17.8. The molecule has 1 saturated carbocycles. The lowest BCUT2D eigenvalue weighted by atomic mass is 9.74. The second kappa shape index (κ2) is 7.62. The molecule has 0 saturated heterocycles. The van der Waals surface area contributed by atoms with Crippen LogP contribution < -0.4 is 0 Å². The predicted molar refractivity (Wildman–Crippen MR) is 120 cm³/mol. The van der Waals surface area contributed by atoms with Crippen molar-refractivity contribution < 1.29 is 13.9 Å². The monoisotopic (exact) mass is 440 g/mol. The molecule has 1 fully saturated rings. The average molecular weight is 440 g/mol. The summed E-state index contributed by atoms with van der Waals surface area (Å²) in [6.45, 7) is 0. The summed E-state index contributed by atoms with van der Waals surface area (Å²) < 4.78 is 19.1. The van der Waals surface area contributed by atoms with E-state index >= 15 is 0 Å². The van der Waals surface area contributed by atoms with E-state index in [1.807, 2.05) is 12.1 Å². The van der Waals surface area contributed by atoms with Crippen molar-refractivity contribution in [2.24, 2.45) is 0 Å². The maximum absolute atomic E-state index is 13.3. The molecule has 1 aliphatic heterocycles. The lowest BCUT2D eigenvalue weighted by molar-refractivity contribution is -0.0312. The van der Waals surface area contributed by atoms with E-state index < -0.39 is 5.60 Å².